The van der Waals surface area contributed by atoms with Crippen molar-refractivity contribution in [1.82, 2.24) is 0 Å². The molecular weight excluding hydrogens is 234 g/mol. The van der Waals surface area contributed by atoms with E-state index in [1.165, 1.54) is 0 Å². The van der Waals surface area contributed by atoms with Crippen LogP contribution in [0.25, 0.3) is 0 Å². The van der Waals surface area contributed by atoms with Crippen LogP contribution in [0.3, 0.4) is 0 Å². The van der Waals surface area contributed by atoms with Crippen molar-refractivity contribution in [1.29, 1.82) is 0 Å². The Hall–Kier alpha value is -1.02. The lowest BCUT2D eigenvalue weighted by atomic mass is 9.81. The summed E-state index contributed by atoms with van der Waals surface area (Å²) in [5, 5.41) is 0.764. The fourth-order valence-electron chi connectivity index (χ4n) is 2.02. The van der Waals surface area contributed by atoms with Crippen LogP contribution in [0.15, 0.2) is 18.2 Å². The van der Waals surface area contributed by atoms with Gasteiger partial charge >= 0.3 is 0 Å². The summed E-state index contributed by atoms with van der Waals surface area (Å²) in [6, 6.07) is 5.98. The van der Waals surface area contributed by atoms with Gasteiger partial charge in [0.15, 0.2) is 5.78 Å². The molecule has 1 aliphatic rings. The molecule has 0 aliphatic carbocycles. The molecule has 0 aromatic heterocycles. The quantitative estimate of drug-likeness (QED) is 0.762. The Balaban J connectivity index is 2.19. The van der Waals surface area contributed by atoms with Crippen molar-refractivity contribution in [3.8, 4) is 0 Å². The second kappa shape index (κ2) is 4.34. The van der Waals surface area contributed by atoms with Crippen molar-refractivity contribution in [2.24, 2.45) is 5.41 Å². The summed E-state index contributed by atoms with van der Waals surface area (Å²) >= 11 is 6.11. The molecular formula is C14H18ClNO. The number of rotatable bonds is 1. The molecule has 0 saturated carbocycles. The SMILES string of the molecule is Cc1ccc(N2CCC(C)(C)C(=O)C2)cc1Cl. The Kier molecular flexibility index (Phi) is 3.17. The number of hydrogen-bond acceptors (Lipinski definition) is 2. The first-order valence-corrected chi connectivity index (χ1v) is 6.32. The maximum absolute atomic E-state index is 12.0. The Morgan fingerprint density at radius 1 is 1.35 bits per heavy atom. The number of ketones is 1. The third kappa shape index (κ3) is 2.47. The van der Waals surface area contributed by atoms with Crippen molar-refractivity contribution in [2.45, 2.75) is 27.2 Å². The van der Waals surface area contributed by atoms with Gasteiger partial charge in [0.1, 0.15) is 0 Å². The van der Waals surface area contributed by atoms with Crippen molar-refractivity contribution < 1.29 is 4.79 Å². The van der Waals surface area contributed by atoms with E-state index in [4.69, 9.17) is 11.6 Å². The molecule has 0 atom stereocenters. The summed E-state index contributed by atoms with van der Waals surface area (Å²) in [6.07, 6.45) is 0.900. The van der Waals surface area contributed by atoms with E-state index in [9.17, 15) is 4.79 Å². The summed E-state index contributed by atoms with van der Waals surface area (Å²) < 4.78 is 0. The van der Waals surface area contributed by atoms with Crippen LogP contribution in [0.4, 0.5) is 5.69 Å². The number of carbonyl (C=O) groups is 1. The molecule has 1 heterocycles. The summed E-state index contributed by atoms with van der Waals surface area (Å²) in [5.74, 6) is 0.306. The first-order valence-electron chi connectivity index (χ1n) is 5.94. The Bertz CT molecular complexity index is 454. The molecule has 3 heteroatoms. The van der Waals surface area contributed by atoms with Crippen LogP contribution >= 0.6 is 11.6 Å². The number of halogens is 1. The van der Waals surface area contributed by atoms with Gasteiger partial charge in [-0.1, -0.05) is 31.5 Å². The average Bonchev–Trinajstić information content (AvgIpc) is 2.26. The molecule has 2 nitrogen and oxygen atoms in total. The normalized spacial score (nSPS) is 19.5. The molecule has 0 radical (unpaired) electrons. The second-order valence-corrected chi connectivity index (χ2v) is 5.82. The summed E-state index contributed by atoms with van der Waals surface area (Å²) in [5.41, 5.74) is 1.94. The van der Waals surface area contributed by atoms with Crippen LogP contribution in [0.5, 0.6) is 0 Å². The van der Waals surface area contributed by atoms with E-state index in [0.717, 1.165) is 29.2 Å². The highest BCUT2D eigenvalue weighted by Gasteiger charge is 2.33. The van der Waals surface area contributed by atoms with Crippen molar-refractivity contribution in [2.75, 3.05) is 18.0 Å². The number of aryl methyl sites for hydroxylation is 1. The van der Waals surface area contributed by atoms with E-state index >= 15 is 0 Å². The first-order chi connectivity index (χ1) is 7.90. The number of Topliss-reactive ketones (excluding diaryl/α,β-unsaturated/α-hetero) is 1. The zero-order valence-corrected chi connectivity index (χ0v) is 11.3. The minimum absolute atomic E-state index is 0.176. The molecule has 1 fully saturated rings. The fraction of sp³-hybridized carbons (Fsp3) is 0.500. The predicted molar refractivity (Wildman–Crippen MR) is 71.8 cm³/mol. The van der Waals surface area contributed by atoms with Crippen LogP contribution in [-0.2, 0) is 4.79 Å². The monoisotopic (exact) mass is 251 g/mol. The third-order valence-corrected chi connectivity index (χ3v) is 4.02. The number of anilines is 1. The van der Waals surface area contributed by atoms with Gasteiger partial charge in [-0.2, -0.15) is 0 Å². The molecule has 0 spiro atoms. The lowest BCUT2D eigenvalue weighted by Gasteiger charge is -2.36. The number of hydrogen-bond donors (Lipinski definition) is 0. The van der Waals surface area contributed by atoms with Gasteiger partial charge in [0.05, 0.1) is 6.54 Å². The molecule has 0 amide bonds. The molecule has 92 valence electrons. The number of piperidine rings is 1. The van der Waals surface area contributed by atoms with Gasteiger partial charge in [-0.25, -0.2) is 0 Å². The Morgan fingerprint density at radius 3 is 2.65 bits per heavy atom. The molecule has 2 rings (SSSR count). The average molecular weight is 252 g/mol. The van der Waals surface area contributed by atoms with Crippen LogP contribution in [0.2, 0.25) is 5.02 Å². The fourth-order valence-corrected chi connectivity index (χ4v) is 2.19. The number of nitrogens with zero attached hydrogens (tertiary/aromatic N) is 1. The lowest BCUT2D eigenvalue weighted by Crippen LogP contribution is -2.45. The van der Waals surface area contributed by atoms with Crippen molar-refractivity contribution >= 4 is 23.1 Å². The van der Waals surface area contributed by atoms with Crippen LogP contribution in [0.1, 0.15) is 25.8 Å². The van der Waals surface area contributed by atoms with Gasteiger partial charge in [-0.05, 0) is 31.0 Å². The van der Waals surface area contributed by atoms with E-state index in [2.05, 4.69) is 4.90 Å². The third-order valence-electron chi connectivity index (χ3n) is 3.62. The molecule has 1 saturated heterocycles. The summed E-state index contributed by atoms with van der Waals surface area (Å²) in [4.78, 5) is 14.1. The van der Waals surface area contributed by atoms with Crippen molar-refractivity contribution in [3.05, 3.63) is 28.8 Å². The topological polar surface area (TPSA) is 20.3 Å². The molecule has 1 aromatic rings. The van der Waals surface area contributed by atoms with Crippen LogP contribution < -0.4 is 4.90 Å². The zero-order valence-electron chi connectivity index (χ0n) is 10.6. The predicted octanol–water partition coefficient (Wildman–Crippen LogP) is 3.45. The highest BCUT2D eigenvalue weighted by molar-refractivity contribution is 6.31. The smallest absolute Gasteiger partial charge is 0.157 e. The van der Waals surface area contributed by atoms with Crippen LogP contribution in [-0.4, -0.2) is 18.9 Å². The molecule has 0 N–H and O–H groups in total. The van der Waals surface area contributed by atoms with Gasteiger partial charge in [0, 0.05) is 22.7 Å². The Labute approximate surface area is 108 Å². The number of carbonyl (C=O) groups excluding carboxylic acids is 1. The van der Waals surface area contributed by atoms with Gasteiger partial charge in [-0.3, -0.25) is 4.79 Å². The first kappa shape index (κ1) is 12.4. The summed E-state index contributed by atoms with van der Waals surface area (Å²) in [7, 11) is 0. The molecule has 17 heavy (non-hydrogen) atoms. The van der Waals surface area contributed by atoms with Crippen LogP contribution in [0, 0.1) is 12.3 Å². The van der Waals surface area contributed by atoms with E-state index in [0.29, 0.717) is 12.3 Å². The molecule has 1 aromatic carbocycles. The lowest BCUT2D eigenvalue weighted by molar-refractivity contribution is -0.127. The van der Waals surface area contributed by atoms with Gasteiger partial charge < -0.3 is 4.90 Å². The van der Waals surface area contributed by atoms with Crippen molar-refractivity contribution in [3.63, 3.8) is 0 Å². The highest BCUT2D eigenvalue weighted by Crippen LogP contribution is 2.31. The zero-order chi connectivity index (χ0) is 12.6. The van der Waals surface area contributed by atoms with Gasteiger partial charge in [0.25, 0.3) is 0 Å². The van der Waals surface area contributed by atoms with E-state index < -0.39 is 0 Å². The van der Waals surface area contributed by atoms with E-state index in [1.54, 1.807) is 0 Å². The van der Waals surface area contributed by atoms with Gasteiger partial charge in [0.2, 0.25) is 0 Å². The maximum Gasteiger partial charge on any atom is 0.157 e. The standard InChI is InChI=1S/C14H18ClNO/c1-10-4-5-11(8-12(10)15)16-7-6-14(2,3)13(17)9-16/h4-5,8H,6-7,9H2,1-3H3. The highest BCUT2D eigenvalue weighted by atomic mass is 35.5. The maximum atomic E-state index is 12.0. The largest absolute Gasteiger partial charge is 0.364 e. The Morgan fingerprint density at radius 2 is 2.06 bits per heavy atom. The molecule has 0 bridgehead atoms. The minimum Gasteiger partial charge on any atom is -0.364 e. The van der Waals surface area contributed by atoms with Gasteiger partial charge in [-0.15, -0.1) is 0 Å². The van der Waals surface area contributed by atoms with E-state index in [1.807, 2.05) is 39.0 Å². The molecule has 1 aliphatic heterocycles. The second-order valence-electron chi connectivity index (χ2n) is 5.41. The number of benzene rings is 1. The summed E-state index contributed by atoms with van der Waals surface area (Å²) in [6.45, 7) is 7.44. The molecule has 0 unspecified atom stereocenters. The minimum atomic E-state index is -0.176. The van der Waals surface area contributed by atoms with E-state index in [-0.39, 0.29) is 5.41 Å².